The fourth-order valence-electron chi connectivity index (χ4n) is 1.36. The van der Waals surface area contributed by atoms with Gasteiger partial charge in [0.1, 0.15) is 5.82 Å². The molecule has 1 rings (SSSR count). The first-order valence-electron chi connectivity index (χ1n) is 5.50. The maximum absolute atomic E-state index is 13.5. The Bertz CT molecular complexity index is 350. The van der Waals surface area contributed by atoms with Crippen LogP contribution in [0.5, 0.6) is 0 Å². The summed E-state index contributed by atoms with van der Waals surface area (Å²) >= 11 is 0. The van der Waals surface area contributed by atoms with Crippen LogP contribution in [-0.2, 0) is 4.74 Å². The zero-order chi connectivity index (χ0) is 12.2. The van der Waals surface area contributed by atoms with Crippen molar-refractivity contribution in [3.05, 3.63) is 29.6 Å². The Kier molecular flexibility index (Phi) is 4.30. The van der Waals surface area contributed by atoms with Gasteiger partial charge in [0.25, 0.3) is 0 Å². The monoisotopic (exact) mass is 225 g/mol. The zero-order valence-electron chi connectivity index (χ0n) is 10.4. The highest BCUT2D eigenvalue weighted by atomic mass is 19.1. The van der Waals surface area contributed by atoms with Crippen molar-refractivity contribution in [2.75, 3.05) is 19.0 Å². The molecule has 3 heteroatoms. The van der Waals surface area contributed by atoms with E-state index in [9.17, 15) is 4.39 Å². The Labute approximate surface area is 96.8 Å². The van der Waals surface area contributed by atoms with Crippen LogP contribution in [0.25, 0.3) is 0 Å². The van der Waals surface area contributed by atoms with Crippen LogP contribution in [0.3, 0.4) is 0 Å². The van der Waals surface area contributed by atoms with Crippen molar-refractivity contribution in [1.82, 2.24) is 0 Å². The molecule has 0 aliphatic heterocycles. The van der Waals surface area contributed by atoms with Crippen molar-refractivity contribution in [2.24, 2.45) is 0 Å². The highest BCUT2D eigenvalue weighted by molar-refractivity contribution is 5.46. The predicted octanol–water partition coefficient (Wildman–Crippen LogP) is 3.36. The lowest BCUT2D eigenvalue weighted by Gasteiger charge is -2.23. The highest BCUT2D eigenvalue weighted by Gasteiger charge is 2.15. The number of halogens is 1. The third kappa shape index (κ3) is 3.81. The normalized spacial score (nSPS) is 11.6. The molecule has 90 valence electrons. The van der Waals surface area contributed by atoms with E-state index in [1.54, 1.807) is 13.2 Å². The molecule has 0 saturated carbocycles. The van der Waals surface area contributed by atoms with Crippen molar-refractivity contribution >= 4 is 5.69 Å². The molecule has 0 amide bonds. The summed E-state index contributed by atoms with van der Waals surface area (Å²) in [7, 11) is 1.69. The Hall–Kier alpha value is -1.09. The number of nitrogens with one attached hydrogen (secondary N) is 1. The summed E-state index contributed by atoms with van der Waals surface area (Å²) in [5, 5.41) is 3.08. The lowest BCUT2D eigenvalue weighted by molar-refractivity contribution is 0.0185. The number of hydrogen-bond donors (Lipinski definition) is 1. The van der Waals surface area contributed by atoms with Gasteiger partial charge in [-0.05, 0) is 44.9 Å². The SMILES string of the molecule is COC(C)(C)CCNc1ccc(C)cc1F. The van der Waals surface area contributed by atoms with Crippen LogP contribution in [0.15, 0.2) is 18.2 Å². The zero-order valence-corrected chi connectivity index (χ0v) is 10.4. The summed E-state index contributed by atoms with van der Waals surface area (Å²) in [5.74, 6) is -0.199. The quantitative estimate of drug-likeness (QED) is 0.829. The summed E-state index contributed by atoms with van der Waals surface area (Å²) < 4.78 is 18.7. The molecule has 0 bridgehead atoms. The molecule has 0 fully saturated rings. The number of hydrogen-bond acceptors (Lipinski definition) is 2. The molecule has 0 spiro atoms. The standard InChI is InChI=1S/C13H20FNO/c1-10-5-6-12(11(14)9-10)15-8-7-13(2,3)16-4/h5-6,9,15H,7-8H2,1-4H3. The first-order valence-corrected chi connectivity index (χ1v) is 5.50. The summed E-state index contributed by atoms with van der Waals surface area (Å²) in [6.45, 7) is 6.60. The predicted molar refractivity (Wildman–Crippen MR) is 65.3 cm³/mol. The first-order chi connectivity index (χ1) is 7.44. The second kappa shape index (κ2) is 5.30. The van der Waals surface area contributed by atoms with Crippen LogP contribution >= 0.6 is 0 Å². The van der Waals surface area contributed by atoms with E-state index in [0.29, 0.717) is 12.2 Å². The van der Waals surface area contributed by atoms with E-state index < -0.39 is 0 Å². The van der Waals surface area contributed by atoms with Gasteiger partial charge in [-0.15, -0.1) is 0 Å². The van der Waals surface area contributed by atoms with Crippen LogP contribution in [0, 0.1) is 12.7 Å². The molecule has 0 radical (unpaired) electrons. The molecule has 0 saturated heterocycles. The van der Waals surface area contributed by atoms with Crippen LogP contribution in [0.2, 0.25) is 0 Å². The molecule has 1 aromatic carbocycles. The Morgan fingerprint density at radius 1 is 1.38 bits per heavy atom. The van der Waals surface area contributed by atoms with Gasteiger partial charge in [0.05, 0.1) is 11.3 Å². The molecule has 16 heavy (non-hydrogen) atoms. The van der Waals surface area contributed by atoms with E-state index in [1.807, 2.05) is 26.8 Å². The molecule has 2 nitrogen and oxygen atoms in total. The fourth-order valence-corrected chi connectivity index (χ4v) is 1.36. The average molecular weight is 225 g/mol. The molecule has 0 heterocycles. The second-order valence-electron chi connectivity index (χ2n) is 4.62. The minimum atomic E-state index is -0.199. The van der Waals surface area contributed by atoms with Gasteiger partial charge in [0.2, 0.25) is 0 Å². The smallest absolute Gasteiger partial charge is 0.146 e. The van der Waals surface area contributed by atoms with E-state index in [-0.39, 0.29) is 11.4 Å². The van der Waals surface area contributed by atoms with Gasteiger partial charge < -0.3 is 10.1 Å². The number of ether oxygens (including phenoxy) is 1. The Morgan fingerprint density at radius 3 is 2.62 bits per heavy atom. The van der Waals surface area contributed by atoms with Gasteiger partial charge >= 0.3 is 0 Å². The van der Waals surface area contributed by atoms with E-state index in [2.05, 4.69) is 5.32 Å². The second-order valence-corrected chi connectivity index (χ2v) is 4.62. The van der Waals surface area contributed by atoms with Gasteiger partial charge in [-0.1, -0.05) is 6.07 Å². The number of benzene rings is 1. The van der Waals surface area contributed by atoms with Crippen molar-refractivity contribution in [1.29, 1.82) is 0 Å². The van der Waals surface area contributed by atoms with Gasteiger partial charge in [0.15, 0.2) is 0 Å². The summed E-state index contributed by atoms with van der Waals surface area (Å²) in [4.78, 5) is 0. The third-order valence-corrected chi connectivity index (χ3v) is 2.72. The molecule has 1 aromatic rings. The van der Waals surface area contributed by atoms with Crippen LogP contribution < -0.4 is 5.32 Å². The van der Waals surface area contributed by atoms with Gasteiger partial charge in [-0.3, -0.25) is 0 Å². The molecule has 0 unspecified atom stereocenters. The van der Waals surface area contributed by atoms with Crippen LogP contribution in [-0.4, -0.2) is 19.3 Å². The molecular weight excluding hydrogens is 205 g/mol. The maximum atomic E-state index is 13.5. The lowest BCUT2D eigenvalue weighted by atomic mass is 10.1. The Morgan fingerprint density at radius 2 is 2.06 bits per heavy atom. The summed E-state index contributed by atoms with van der Waals surface area (Å²) in [6, 6.07) is 5.20. The third-order valence-electron chi connectivity index (χ3n) is 2.72. The molecule has 0 aliphatic carbocycles. The van der Waals surface area contributed by atoms with E-state index >= 15 is 0 Å². The number of methoxy groups -OCH3 is 1. The largest absolute Gasteiger partial charge is 0.383 e. The highest BCUT2D eigenvalue weighted by Crippen LogP contribution is 2.17. The maximum Gasteiger partial charge on any atom is 0.146 e. The van der Waals surface area contributed by atoms with Crippen molar-refractivity contribution in [3.63, 3.8) is 0 Å². The summed E-state index contributed by atoms with van der Waals surface area (Å²) in [5.41, 5.74) is 1.31. The minimum Gasteiger partial charge on any atom is -0.383 e. The van der Waals surface area contributed by atoms with E-state index in [0.717, 1.165) is 12.0 Å². The van der Waals surface area contributed by atoms with E-state index in [1.165, 1.54) is 6.07 Å². The Balaban J connectivity index is 2.49. The minimum absolute atomic E-state index is 0.172. The lowest BCUT2D eigenvalue weighted by Crippen LogP contribution is -2.25. The molecule has 1 N–H and O–H groups in total. The summed E-state index contributed by atoms with van der Waals surface area (Å²) in [6.07, 6.45) is 0.830. The van der Waals surface area contributed by atoms with Crippen LogP contribution in [0.4, 0.5) is 10.1 Å². The number of anilines is 1. The van der Waals surface area contributed by atoms with Crippen molar-refractivity contribution in [3.8, 4) is 0 Å². The topological polar surface area (TPSA) is 21.3 Å². The van der Waals surface area contributed by atoms with E-state index in [4.69, 9.17) is 4.74 Å². The molecular formula is C13H20FNO. The average Bonchev–Trinajstić information content (AvgIpc) is 2.21. The van der Waals surface area contributed by atoms with Gasteiger partial charge in [0, 0.05) is 13.7 Å². The van der Waals surface area contributed by atoms with Gasteiger partial charge in [-0.25, -0.2) is 4.39 Å². The molecule has 0 aliphatic rings. The molecule has 0 aromatic heterocycles. The number of rotatable bonds is 5. The van der Waals surface area contributed by atoms with Crippen LogP contribution in [0.1, 0.15) is 25.8 Å². The van der Waals surface area contributed by atoms with Crippen molar-refractivity contribution in [2.45, 2.75) is 32.8 Å². The first kappa shape index (κ1) is 13.0. The van der Waals surface area contributed by atoms with Gasteiger partial charge in [-0.2, -0.15) is 0 Å². The number of aryl methyl sites for hydroxylation is 1. The molecule has 0 atom stereocenters. The van der Waals surface area contributed by atoms with Crippen molar-refractivity contribution < 1.29 is 9.13 Å². The fraction of sp³-hybridized carbons (Fsp3) is 0.538.